The summed E-state index contributed by atoms with van der Waals surface area (Å²) in [5.41, 5.74) is -5.48. The highest BCUT2D eigenvalue weighted by molar-refractivity contribution is 5.84. The molecule has 0 spiro atoms. The van der Waals surface area contributed by atoms with Gasteiger partial charge >= 0.3 is 18.5 Å². The number of alkyl halides is 9. The SMILES string of the molecule is Cc1cc(-c2cc(C(C)(C)C)cc(-c3cc(C(F)(F)F)cc(C(F)(F)F)c3)c2C#N)cc(C(F)(F)F)c1. The molecule has 10 heteroatoms. The maximum absolute atomic E-state index is 13.5. The summed E-state index contributed by atoms with van der Waals surface area (Å²) in [7, 11) is 0. The van der Waals surface area contributed by atoms with Crippen LogP contribution in [-0.2, 0) is 23.9 Å². The van der Waals surface area contributed by atoms with Gasteiger partial charge in [0.15, 0.2) is 0 Å². The van der Waals surface area contributed by atoms with Crippen LogP contribution >= 0.6 is 0 Å². The molecule has 3 rings (SSSR count). The summed E-state index contributed by atoms with van der Waals surface area (Å²) in [6.07, 6.45) is -15.0. The van der Waals surface area contributed by atoms with Crippen LogP contribution in [0.3, 0.4) is 0 Å². The van der Waals surface area contributed by atoms with Crippen LogP contribution in [0, 0.1) is 18.3 Å². The van der Waals surface area contributed by atoms with E-state index in [4.69, 9.17) is 0 Å². The minimum Gasteiger partial charge on any atom is -0.192 e. The molecule has 0 fully saturated rings. The lowest BCUT2D eigenvalue weighted by atomic mass is 9.80. The third kappa shape index (κ3) is 6.09. The first-order valence-electron chi connectivity index (χ1n) is 10.8. The van der Waals surface area contributed by atoms with Gasteiger partial charge in [0.1, 0.15) is 6.07 Å². The quantitative estimate of drug-likeness (QED) is 0.303. The number of hydrogen-bond acceptors (Lipinski definition) is 1. The smallest absolute Gasteiger partial charge is 0.192 e. The number of rotatable bonds is 2. The molecule has 0 aliphatic rings. The summed E-state index contributed by atoms with van der Waals surface area (Å²) < 4.78 is 122. The van der Waals surface area contributed by atoms with Gasteiger partial charge in [0.25, 0.3) is 0 Å². The lowest BCUT2D eigenvalue weighted by Gasteiger charge is -2.24. The molecule has 0 bridgehead atoms. The van der Waals surface area contributed by atoms with Crippen molar-refractivity contribution in [1.82, 2.24) is 0 Å². The van der Waals surface area contributed by atoms with Crippen molar-refractivity contribution >= 4 is 0 Å². The molecule has 37 heavy (non-hydrogen) atoms. The Morgan fingerprint density at radius 3 is 1.27 bits per heavy atom. The van der Waals surface area contributed by atoms with E-state index in [1.807, 2.05) is 0 Å². The molecule has 0 N–H and O–H groups in total. The van der Waals surface area contributed by atoms with Crippen LogP contribution < -0.4 is 0 Å². The third-order valence-electron chi connectivity index (χ3n) is 5.73. The van der Waals surface area contributed by atoms with E-state index < -0.39 is 46.2 Å². The van der Waals surface area contributed by atoms with Crippen molar-refractivity contribution in [3.05, 3.63) is 81.9 Å². The molecule has 0 aliphatic carbocycles. The van der Waals surface area contributed by atoms with Crippen LogP contribution in [-0.4, -0.2) is 0 Å². The molecule has 0 unspecified atom stereocenters. The highest BCUT2D eigenvalue weighted by Gasteiger charge is 2.37. The Hall–Kier alpha value is -3.48. The Kier molecular flexibility index (Phi) is 6.93. The minimum atomic E-state index is -5.12. The van der Waals surface area contributed by atoms with E-state index in [0.717, 1.165) is 12.1 Å². The molecular formula is C27H20F9N. The topological polar surface area (TPSA) is 23.8 Å². The molecule has 3 aromatic rings. The maximum Gasteiger partial charge on any atom is 0.416 e. The first-order valence-corrected chi connectivity index (χ1v) is 10.8. The molecule has 0 heterocycles. The number of nitrogens with zero attached hydrogens (tertiary/aromatic N) is 1. The molecule has 1 nitrogen and oxygen atoms in total. The number of hydrogen-bond donors (Lipinski definition) is 0. The second kappa shape index (κ2) is 9.12. The number of benzene rings is 3. The van der Waals surface area contributed by atoms with Crippen LogP contribution in [0.25, 0.3) is 22.3 Å². The lowest BCUT2D eigenvalue weighted by molar-refractivity contribution is -0.143. The van der Waals surface area contributed by atoms with E-state index in [1.54, 1.807) is 26.8 Å². The zero-order valence-electron chi connectivity index (χ0n) is 20.0. The fourth-order valence-electron chi connectivity index (χ4n) is 3.86. The molecule has 3 aromatic carbocycles. The van der Waals surface area contributed by atoms with Gasteiger partial charge < -0.3 is 0 Å². The summed E-state index contributed by atoms with van der Waals surface area (Å²) in [6.45, 7) is 6.55. The van der Waals surface area contributed by atoms with Gasteiger partial charge in [-0.15, -0.1) is 0 Å². The van der Waals surface area contributed by atoms with Crippen LogP contribution in [0.5, 0.6) is 0 Å². The van der Waals surface area contributed by atoms with Crippen LogP contribution in [0.15, 0.2) is 48.5 Å². The van der Waals surface area contributed by atoms with Crippen molar-refractivity contribution in [2.75, 3.05) is 0 Å². The average molecular weight is 529 g/mol. The summed E-state index contributed by atoms with van der Waals surface area (Å²) in [5, 5.41) is 9.96. The van der Waals surface area contributed by atoms with Crippen molar-refractivity contribution in [1.29, 1.82) is 5.26 Å². The van der Waals surface area contributed by atoms with Gasteiger partial charge in [-0.05, 0) is 77.1 Å². The van der Waals surface area contributed by atoms with Crippen molar-refractivity contribution in [3.63, 3.8) is 0 Å². The molecule has 0 atom stereocenters. The van der Waals surface area contributed by atoms with Gasteiger partial charge in [0.05, 0.1) is 22.3 Å². The van der Waals surface area contributed by atoms with Crippen LogP contribution in [0.2, 0.25) is 0 Å². The Morgan fingerprint density at radius 2 is 0.919 bits per heavy atom. The standard InChI is InChI=1S/C27H20F9N/c1-14-5-15(7-18(6-14)25(28,29)30)21-11-17(24(2,3)4)12-22(23(21)13-37)16-8-19(26(31,32)33)10-20(9-16)27(34,35)36/h5-12H,1-4H3. The predicted octanol–water partition coefficient (Wildman–Crippen LogP) is 9.55. The van der Waals surface area contributed by atoms with E-state index >= 15 is 0 Å². The summed E-state index contributed by atoms with van der Waals surface area (Å²) >= 11 is 0. The first kappa shape index (κ1) is 28.1. The Labute approximate surface area is 207 Å². The van der Waals surface area contributed by atoms with Gasteiger partial charge in [-0.3, -0.25) is 0 Å². The second-order valence-corrected chi connectivity index (χ2v) is 9.69. The summed E-state index contributed by atoms with van der Waals surface area (Å²) in [4.78, 5) is 0. The van der Waals surface area contributed by atoms with Crippen molar-refractivity contribution in [3.8, 4) is 28.3 Å². The molecule has 0 aromatic heterocycles. The monoisotopic (exact) mass is 529 g/mol. The van der Waals surface area contributed by atoms with Gasteiger partial charge in [-0.2, -0.15) is 44.8 Å². The Balaban J connectivity index is 2.48. The first-order chi connectivity index (χ1) is 16.7. The molecule has 0 aliphatic heterocycles. The van der Waals surface area contributed by atoms with Crippen molar-refractivity contribution in [2.24, 2.45) is 0 Å². The zero-order valence-corrected chi connectivity index (χ0v) is 20.0. The largest absolute Gasteiger partial charge is 0.416 e. The number of nitriles is 1. The molecular weight excluding hydrogens is 509 g/mol. The molecule has 0 saturated carbocycles. The highest BCUT2D eigenvalue weighted by Crippen LogP contribution is 2.43. The Morgan fingerprint density at radius 1 is 0.541 bits per heavy atom. The van der Waals surface area contributed by atoms with E-state index in [1.165, 1.54) is 25.1 Å². The van der Waals surface area contributed by atoms with E-state index in [9.17, 15) is 44.8 Å². The Bertz CT molecular complexity index is 1350. The molecule has 0 amide bonds. The van der Waals surface area contributed by atoms with Crippen molar-refractivity contribution in [2.45, 2.75) is 51.6 Å². The number of halogens is 9. The van der Waals surface area contributed by atoms with E-state index in [0.29, 0.717) is 17.7 Å². The van der Waals surface area contributed by atoms with Crippen molar-refractivity contribution < 1.29 is 39.5 Å². The summed E-state index contributed by atoms with van der Waals surface area (Å²) in [6, 6.07) is 8.57. The lowest BCUT2D eigenvalue weighted by Crippen LogP contribution is -2.13. The zero-order chi connectivity index (χ0) is 28.1. The molecule has 0 radical (unpaired) electrons. The normalized spacial score (nSPS) is 13.0. The number of aryl methyl sites for hydroxylation is 1. The third-order valence-corrected chi connectivity index (χ3v) is 5.73. The molecule has 196 valence electrons. The summed E-state index contributed by atoms with van der Waals surface area (Å²) in [5.74, 6) is 0. The van der Waals surface area contributed by atoms with E-state index in [-0.39, 0.29) is 33.9 Å². The fourth-order valence-corrected chi connectivity index (χ4v) is 3.86. The predicted molar refractivity (Wildman–Crippen MR) is 120 cm³/mol. The minimum absolute atomic E-state index is 0.0275. The maximum atomic E-state index is 13.5. The second-order valence-electron chi connectivity index (χ2n) is 9.69. The van der Waals surface area contributed by atoms with Gasteiger partial charge in [-0.1, -0.05) is 26.8 Å². The van der Waals surface area contributed by atoms with Gasteiger partial charge in [-0.25, -0.2) is 0 Å². The average Bonchev–Trinajstić information content (AvgIpc) is 2.75. The molecule has 0 saturated heterocycles. The van der Waals surface area contributed by atoms with Gasteiger partial charge in [0.2, 0.25) is 0 Å². The fraction of sp³-hybridized carbons (Fsp3) is 0.296. The highest BCUT2D eigenvalue weighted by atomic mass is 19.4. The van der Waals surface area contributed by atoms with Crippen LogP contribution in [0.1, 0.15) is 54.2 Å². The van der Waals surface area contributed by atoms with Crippen LogP contribution in [0.4, 0.5) is 39.5 Å². The van der Waals surface area contributed by atoms with E-state index in [2.05, 4.69) is 0 Å². The van der Waals surface area contributed by atoms with Gasteiger partial charge in [0, 0.05) is 11.1 Å².